The maximum atomic E-state index is 11.7. The maximum absolute atomic E-state index is 11.7. The summed E-state index contributed by atoms with van der Waals surface area (Å²) in [5.41, 5.74) is 2.37. The first-order chi connectivity index (χ1) is 13.9. The molecule has 29 heavy (non-hydrogen) atoms. The van der Waals surface area contributed by atoms with Crippen LogP contribution in [0.5, 0.6) is 5.75 Å². The van der Waals surface area contributed by atoms with Gasteiger partial charge in [0, 0.05) is 19.2 Å². The number of hydrogen-bond donors (Lipinski definition) is 3. The van der Waals surface area contributed by atoms with Crippen molar-refractivity contribution in [2.75, 3.05) is 25.5 Å². The molecule has 0 aliphatic rings. The molecular formula is C20H28N6O3. The van der Waals surface area contributed by atoms with E-state index in [2.05, 4.69) is 25.8 Å². The number of amides is 1. The van der Waals surface area contributed by atoms with Crippen LogP contribution in [0.4, 0.5) is 5.82 Å². The zero-order valence-corrected chi connectivity index (χ0v) is 17.3. The van der Waals surface area contributed by atoms with Crippen LogP contribution in [0.1, 0.15) is 32.5 Å². The number of aliphatic hydroxyl groups is 1. The lowest BCUT2D eigenvalue weighted by Gasteiger charge is -2.14. The van der Waals surface area contributed by atoms with E-state index in [0.29, 0.717) is 24.6 Å². The first kappa shape index (κ1) is 20.8. The van der Waals surface area contributed by atoms with Crippen molar-refractivity contribution in [2.45, 2.75) is 39.7 Å². The van der Waals surface area contributed by atoms with Gasteiger partial charge in [-0.05, 0) is 37.8 Å². The van der Waals surface area contributed by atoms with Crippen LogP contribution in [0.3, 0.4) is 0 Å². The molecule has 156 valence electrons. The number of hydrogen-bond acceptors (Lipinski definition) is 7. The summed E-state index contributed by atoms with van der Waals surface area (Å²) >= 11 is 0. The van der Waals surface area contributed by atoms with E-state index in [-0.39, 0.29) is 11.8 Å². The maximum Gasteiger partial charge on any atom is 0.249 e. The molecule has 0 unspecified atom stereocenters. The van der Waals surface area contributed by atoms with Crippen LogP contribution in [-0.4, -0.2) is 56.9 Å². The molecule has 0 fully saturated rings. The van der Waals surface area contributed by atoms with Gasteiger partial charge in [-0.2, -0.15) is 0 Å². The lowest BCUT2D eigenvalue weighted by Crippen LogP contribution is -2.38. The van der Waals surface area contributed by atoms with Crippen LogP contribution < -0.4 is 15.4 Å². The van der Waals surface area contributed by atoms with E-state index in [1.807, 2.05) is 43.4 Å². The Balaban J connectivity index is 1.63. The first-order valence-electron chi connectivity index (χ1n) is 9.81. The summed E-state index contributed by atoms with van der Waals surface area (Å²) < 4.78 is 7.28. The summed E-state index contributed by atoms with van der Waals surface area (Å²) in [4.78, 5) is 16.4. The van der Waals surface area contributed by atoms with Crippen LogP contribution in [0.2, 0.25) is 0 Å². The molecule has 0 saturated heterocycles. The number of unbranched alkanes of at least 4 members (excludes halogenated alkanes) is 1. The normalized spacial score (nSPS) is 12.5. The highest BCUT2D eigenvalue weighted by atomic mass is 16.5. The molecule has 0 spiro atoms. The molecule has 2 aromatic heterocycles. The van der Waals surface area contributed by atoms with Gasteiger partial charge in [0.15, 0.2) is 5.82 Å². The van der Waals surface area contributed by atoms with E-state index in [9.17, 15) is 9.90 Å². The molecule has 0 aliphatic carbocycles. The van der Waals surface area contributed by atoms with Gasteiger partial charge in [0.05, 0.1) is 18.1 Å². The number of nitrogens with zero attached hydrogens (tertiary/aromatic N) is 4. The van der Waals surface area contributed by atoms with Crippen LogP contribution in [0.25, 0.3) is 16.7 Å². The average molecular weight is 400 g/mol. The van der Waals surface area contributed by atoms with E-state index in [1.54, 1.807) is 7.11 Å². The molecule has 1 aromatic carbocycles. The molecule has 9 heteroatoms. The standard InChI is InChI=1S/C20H28N6O3/c1-12(2)17(27)20(28)22-10-6-5-9-21-18-19-25-24-13(3)26(19)16-11-14(29-4)7-8-15(16)23-18/h7-8,11-12,17,27H,5-6,9-10H2,1-4H3,(H,21,23)(H,22,28)/t17-/m0/s1. The van der Waals surface area contributed by atoms with Crippen molar-refractivity contribution in [3.63, 3.8) is 0 Å². The van der Waals surface area contributed by atoms with Crippen molar-refractivity contribution < 1.29 is 14.6 Å². The third kappa shape index (κ3) is 4.56. The number of benzene rings is 1. The third-order valence-corrected chi connectivity index (χ3v) is 4.79. The van der Waals surface area contributed by atoms with Gasteiger partial charge in [-0.1, -0.05) is 13.8 Å². The number of aromatic nitrogens is 4. The number of carbonyl (C=O) groups excluding carboxylic acids is 1. The lowest BCUT2D eigenvalue weighted by molar-refractivity contribution is -0.131. The Bertz CT molecular complexity index is 1000. The second kappa shape index (κ2) is 9.04. The zero-order chi connectivity index (χ0) is 21.0. The van der Waals surface area contributed by atoms with Crippen molar-refractivity contribution in [1.29, 1.82) is 0 Å². The second-order valence-electron chi connectivity index (χ2n) is 7.34. The predicted molar refractivity (Wildman–Crippen MR) is 111 cm³/mol. The van der Waals surface area contributed by atoms with Gasteiger partial charge in [0.25, 0.3) is 0 Å². The Morgan fingerprint density at radius 1 is 1.24 bits per heavy atom. The smallest absolute Gasteiger partial charge is 0.249 e. The highest BCUT2D eigenvalue weighted by Gasteiger charge is 2.18. The van der Waals surface area contributed by atoms with Gasteiger partial charge in [-0.15, -0.1) is 10.2 Å². The highest BCUT2D eigenvalue weighted by molar-refractivity contribution is 5.84. The van der Waals surface area contributed by atoms with Gasteiger partial charge < -0.3 is 20.5 Å². The summed E-state index contributed by atoms with van der Waals surface area (Å²) in [5, 5.41) is 24.2. The summed E-state index contributed by atoms with van der Waals surface area (Å²) in [6, 6.07) is 5.70. The molecule has 3 aromatic rings. The molecule has 0 bridgehead atoms. The fourth-order valence-corrected chi connectivity index (χ4v) is 3.07. The van der Waals surface area contributed by atoms with Gasteiger partial charge in [-0.25, -0.2) is 4.98 Å². The fraction of sp³-hybridized carbons (Fsp3) is 0.500. The molecule has 0 saturated carbocycles. The number of ether oxygens (including phenoxy) is 1. The van der Waals surface area contributed by atoms with E-state index in [1.165, 1.54) is 0 Å². The number of aliphatic hydroxyl groups excluding tert-OH is 1. The Hall–Kier alpha value is -2.94. The number of nitrogens with one attached hydrogen (secondary N) is 2. The summed E-state index contributed by atoms with van der Waals surface area (Å²) in [5.74, 6) is 1.78. The number of anilines is 1. The number of fused-ring (bicyclic) bond motifs is 3. The van der Waals surface area contributed by atoms with Gasteiger partial charge in [-0.3, -0.25) is 9.20 Å². The number of rotatable bonds is 9. The van der Waals surface area contributed by atoms with E-state index < -0.39 is 6.10 Å². The van der Waals surface area contributed by atoms with Crippen molar-refractivity contribution in [3.8, 4) is 5.75 Å². The SMILES string of the molecule is COc1ccc2nc(NCCCCNC(=O)[C@@H](O)C(C)C)c3nnc(C)n3c2c1. The van der Waals surface area contributed by atoms with Crippen molar-refractivity contribution in [1.82, 2.24) is 24.9 Å². The van der Waals surface area contributed by atoms with Crippen LogP contribution >= 0.6 is 0 Å². The van der Waals surface area contributed by atoms with E-state index in [4.69, 9.17) is 4.74 Å². The molecule has 1 amide bonds. The van der Waals surface area contributed by atoms with Gasteiger partial charge in [0.1, 0.15) is 17.7 Å². The molecular weight excluding hydrogens is 372 g/mol. The Kier molecular flexibility index (Phi) is 6.48. The number of methoxy groups -OCH3 is 1. The summed E-state index contributed by atoms with van der Waals surface area (Å²) in [7, 11) is 1.63. The van der Waals surface area contributed by atoms with Crippen molar-refractivity contribution in [3.05, 3.63) is 24.0 Å². The third-order valence-electron chi connectivity index (χ3n) is 4.79. The minimum atomic E-state index is -0.960. The zero-order valence-electron chi connectivity index (χ0n) is 17.3. The number of carbonyl (C=O) groups is 1. The van der Waals surface area contributed by atoms with Crippen LogP contribution in [0.15, 0.2) is 18.2 Å². The number of aryl methyl sites for hydroxylation is 1. The quantitative estimate of drug-likeness (QED) is 0.470. The van der Waals surface area contributed by atoms with Gasteiger partial charge in [0.2, 0.25) is 11.6 Å². The monoisotopic (exact) mass is 400 g/mol. The fourth-order valence-electron chi connectivity index (χ4n) is 3.07. The Morgan fingerprint density at radius 3 is 2.72 bits per heavy atom. The van der Waals surface area contributed by atoms with Gasteiger partial charge >= 0.3 is 0 Å². The predicted octanol–water partition coefficient (Wildman–Crippen LogP) is 1.92. The first-order valence-corrected chi connectivity index (χ1v) is 9.81. The van der Waals surface area contributed by atoms with E-state index in [0.717, 1.165) is 35.4 Å². The molecule has 9 nitrogen and oxygen atoms in total. The lowest BCUT2D eigenvalue weighted by atomic mass is 10.1. The topological polar surface area (TPSA) is 114 Å². The largest absolute Gasteiger partial charge is 0.497 e. The average Bonchev–Trinajstić information content (AvgIpc) is 3.11. The summed E-state index contributed by atoms with van der Waals surface area (Å²) in [6.45, 7) is 6.73. The molecule has 0 aliphatic heterocycles. The minimum absolute atomic E-state index is 0.0929. The minimum Gasteiger partial charge on any atom is -0.497 e. The van der Waals surface area contributed by atoms with Crippen LogP contribution in [0, 0.1) is 12.8 Å². The van der Waals surface area contributed by atoms with Crippen molar-refractivity contribution >= 4 is 28.4 Å². The molecule has 3 rings (SSSR count). The molecule has 2 heterocycles. The molecule has 1 atom stereocenters. The van der Waals surface area contributed by atoms with Crippen LogP contribution in [-0.2, 0) is 4.79 Å². The summed E-state index contributed by atoms with van der Waals surface area (Å²) in [6.07, 6.45) is 0.661. The highest BCUT2D eigenvalue weighted by Crippen LogP contribution is 2.25. The molecule has 3 N–H and O–H groups in total. The second-order valence-corrected chi connectivity index (χ2v) is 7.34. The Morgan fingerprint density at radius 2 is 2.00 bits per heavy atom. The molecule has 0 radical (unpaired) electrons. The van der Waals surface area contributed by atoms with Crippen molar-refractivity contribution in [2.24, 2.45) is 5.92 Å². The Labute approximate surface area is 169 Å². The van der Waals surface area contributed by atoms with E-state index >= 15 is 0 Å².